The fourth-order valence-electron chi connectivity index (χ4n) is 4.13. The molecule has 3 aromatic rings. The van der Waals surface area contributed by atoms with Crippen molar-refractivity contribution in [1.29, 1.82) is 0 Å². The highest BCUT2D eigenvalue weighted by molar-refractivity contribution is 6.35. The van der Waals surface area contributed by atoms with Crippen LogP contribution in [0.4, 0.5) is 5.69 Å². The molecule has 0 spiro atoms. The van der Waals surface area contributed by atoms with Gasteiger partial charge in [0.2, 0.25) is 0 Å². The molecule has 0 aliphatic carbocycles. The molecule has 28 heavy (non-hydrogen) atoms. The lowest BCUT2D eigenvalue weighted by Gasteiger charge is -2.36. The zero-order valence-corrected chi connectivity index (χ0v) is 15.4. The number of carbonyl (C=O) groups excluding carboxylic acids is 2. The number of amides is 2. The van der Waals surface area contributed by atoms with Gasteiger partial charge in [-0.3, -0.25) is 9.59 Å². The van der Waals surface area contributed by atoms with E-state index in [0.717, 1.165) is 11.1 Å². The first kappa shape index (κ1) is 16.6. The Labute approximate surface area is 161 Å². The van der Waals surface area contributed by atoms with Crippen LogP contribution in [0.25, 0.3) is 11.1 Å². The number of phenols is 1. The van der Waals surface area contributed by atoms with E-state index in [2.05, 4.69) is 0 Å². The molecule has 0 fully saturated rings. The minimum atomic E-state index is -0.843. The Balaban J connectivity index is 1.76. The van der Waals surface area contributed by atoms with Crippen LogP contribution in [0.5, 0.6) is 11.5 Å². The summed E-state index contributed by atoms with van der Waals surface area (Å²) in [6.07, 6.45) is 0. The van der Waals surface area contributed by atoms with Crippen molar-refractivity contribution in [2.24, 2.45) is 0 Å². The van der Waals surface area contributed by atoms with E-state index in [1.54, 1.807) is 48.5 Å². The average molecular weight is 371 g/mol. The molecular weight excluding hydrogens is 354 g/mol. The van der Waals surface area contributed by atoms with Gasteiger partial charge in [0.25, 0.3) is 11.8 Å². The van der Waals surface area contributed by atoms with Gasteiger partial charge in [-0.05, 0) is 49.7 Å². The Morgan fingerprint density at radius 2 is 1.54 bits per heavy atom. The second-order valence-electron chi connectivity index (χ2n) is 7.48. The third-order valence-electron chi connectivity index (χ3n) is 5.29. The molecular formula is C23H17NO4. The summed E-state index contributed by atoms with van der Waals surface area (Å²) in [4.78, 5) is 27.6. The van der Waals surface area contributed by atoms with Gasteiger partial charge in [0.1, 0.15) is 17.1 Å². The number of para-hydroxylation sites is 1. The summed E-state index contributed by atoms with van der Waals surface area (Å²) in [5, 5.41) is 9.81. The predicted molar refractivity (Wildman–Crippen MR) is 105 cm³/mol. The summed E-state index contributed by atoms with van der Waals surface area (Å²) in [6, 6.07) is 17.4. The summed E-state index contributed by atoms with van der Waals surface area (Å²) < 4.78 is 6.13. The average Bonchev–Trinajstić information content (AvgIpc) is 2.92. The Bertz CT molecular complexity index is 1160. The number of imide groups is 1. The zero-order chi connectivity index (χ0) is 19.6. The summed E-state index contributed by atoms with van der Waals surface area (Å²) in [5.74, 6) is -0.0157. The van der Waals surface area contributed by atoms with Crippen molar-refractivity contribution in [2.75, 3.05) is 4.90 Å². The standard InChI is InChI=1S/C23H17NO4/c1-23(2)20-16(15-9-8-14(25)12-18(15)28-23)10-11-17-19(20)22(27)24(21(17)26)13-6-4-3-5-7-13/h3-12,25H,1-2H3. The summed E-state index contributed by atoms with van der Waals surface area (Å²) in [5.41, 5.74) is 2.78. The maximum Gasteiger partial charge on any atom is 0.266 e. The molecule has 0 radical (unpaired) electrons. The van der Waals surface area contributed by atoms with E-state index < -0.39 is 5.60 Å². The molecule has 5 nitrogen and oxygen atoms in total. The quantitative estimate of drug-likeness (QED) is 0.640. The first-order valence-corrected chi connectivity index (χ1v) is 9.02. The van der Waals surface area contributed by atoms with Gasteiger partial charge in [0, 0.05) is 17.2 Å². The third kappa shape index (κ3) is 2.13. The highest BCUT2D eigenvalue weighted by atomic mass is 16.5. The minimum Gasteiger partial charge on any atom is -0.508 e. The van der Waals surface area contributed by atoms with Crippen LogP contribution in [0.15, 0.2) is 60.7 Å². The Morgan fingerprint density at radius 1 is 0.857 bits per heavy atom. The van der Waals surface area contributed by atoms with Gasteiger partial charge in [0.15, 0.2) is 0 Å². The molecule has 0 bridgehead atoms. The van der Waals surface area contributed by atoms with E-state index in [1.165, 1.54) is 4.90 Å². The van der Waals surface area contributed by atoms with Crippen molar-refractivity contribution >= 4 is 17.5 Å². The van der Waals surface area contributed by atoms with E-state index in [9.17, 15) is 14.7 Å². The van der Waals surface area contributed by atoms with Gasteiger partial charge < -0.3 is 9.84 Å². The summed E-state index contributed by atoms with van der Waals surface area (Å²) in [6.45, 7) is 3.73. The highest BCUT2D eigenvalue weighted by Crippen LogP contribution is 2.49. The van der Waals surface area contributed by atoms with Crippen molar-refractivity contribution in [3.63, 3.8) is 0 Å². The van der Waals surface area contributed by atoms with Crippen molar-refractivity contribution in [3.05, 3.63) is 77.4 Å². The van der Waals surface area contributed by atoms with Gasteiger partial charge in [-0.25, -0.2) is 4.90 Å². The summed E-state index contributed by atoms with van der Waals surface area (Å²) >= 11 is 0. The molecule has 0 atom stereocenters. The van der Waals surface area contributed by atoms with E-state index in [0.29, 0.717) is 28.1 Å². The Morgan fingerprint density at radius 3 is 2.29 bits per heavy atom. The molecule has 5 rings (SSSR count). The maximum atomic E-state index is 13.3. The number of aromatic hydroxyl groups is 1. The topological polar surface area (TPSA) is 66.8 Å². The second kappa shape index (κ2) is 5.45. The van der Waals surface area contributed by atoms with Crippen molar-refractivity contribution < 1.29 is 19.4 Å². The predicted octanol–water partition coefficient (Wildman–Crippen LogP) is 4.49. The van der Waals surface area contributed by atoms with Gasteiger partial charge in [0.05, 0.1) is 16.8 Å². The summed E-state index contributed by atoms with van der Waals surface area (Å²) in [7, 11) is 0. The first-order valence-electron chi connectivity index (χ1n) is 9.02. The van der Waals surface area contributed by atoms with Crippen LogP contribution in [-0.2, 0) is 5.60 Å². The first-order chi connectivity index (χ1) is 13.4. The number of ether oxygens (including phenoxy) is 1. The van der Waals surface area contributed by atoms with E-state index >= 15 is 0 Å². The maximum absolute atomic E-state index is 13.3. The van der Waals surface area contributed by atoms with Crippen LogP contribution < -0.4 is 9.64 Å². The molecule has 0 saturated heterocycles. The number of hydrogen-bond acceptors (Lipinski definition) is 4. The number of fused-ring (bicyclic) bond motifs is 5. The van der Waals surface area contributed by atoms with Crippen molar-refractivity contribution in [3.8, 4) is 22.6 Å². The molecule has 0 saturated carbocycles. The van der Waals surface area contributed by atoms with Crippen LogP contribution in [0.3, 0.4) is 0 Å². The lowest BCUT2D eigenvalue weighted by atomic mass is 9.81. The van der Waals surface area contributed by atoms with Gasteiger partial charge in [-0.15, -0.1) is 0 Å². The molecule has 2 heterocycles. The number of hydrogen-bond donors (Lipinski definition) is 1. The van der Waals surface area contributed by atoms with Crippen LogP contribution in [-0.4, -0.2) is 16.9 Å². The van der Waals surface area contributed by atoms with Gasteiger partial charge in [-0.2, -0.15) is 0 Å². The van der Waals surface area contributed by atoms with E-state index in [-0.39, 0.29) is 17.6 Å². The minimum absolute atomic E-state index is 0.112. The van der Waals surface area contributed by atoms with Gasteiger partial charge in [-0.1, -0.05) is 24.3 Å². The van der Waals surface area contributed by atoms with Crippen LogP contribution in [0.1, 0.15) is 40.1 Å². The van der Waals surface area contributed by atoms with Crippen LogP contribution >= 0.6 is 0 Å². The van der Waals surface area contributed by atoms with Crippen LogP contribution in [0, 0.1) is 0 Å². The SMILES string of the molecule is CC1(C)Oc2cc(O)ccc2-c2ccc3c(c21)C(=O)N(c1ccccc1)C3=O. The number of nitrogens with zero attached hydrogens (tertiary/aromatic N) is 1. The monoisotopic (exact) mass is 371 g/mol. The Kier molecular flexibility index (Phi) is 3.23. The third-order valence-corrected chi connectivity index (χ3v) is 5.29. The number of rotatable bonds is 1. The Hall–Kier alpha value is -3.60. The fraction of sp³-hybridized carbons (Fsp3) is 0.130. The van der Waals surface area contributed by atoms with Crippen molar-refractivity contribution in [2.45, 2.75) is 19.4 Å². The molecule has 5 heteroatoms. The molecule has 2 aliphatic heterocycles. The number of benzene rings is 3. The molecule has 0 aromatic heterocycles. The van der Waals surface area contributed by atoms with Gasteiger partial charge >= 0.3 is 0 Å². The largest absolute Gasteiger partial charge is 0.508 e. The number of anilines is 1. The second-order valence-corrected chi connectivity index (χ2v) is 7.48. The number of phenolic OH excluding ortho intramolecular Hbond substituents is 1. The molecule has 2 aliphatic rings. The molecule has 0 unspecified atom stereocenters. The lowest BCUT2D eigenvalue weighted by molar-refractivity contribution is 0.0905. The fourth-order valence-corrected chi connectivity index (χ4v) is 4.13. The highest BCUT2D eigenvalue weighted by Gasteiger charge is 2.45. The van der Waals surface area contributed by atoms with E-state index in [1.807, 2.05) is 26.0 Å². The molecule has 3 aromatic carbocycles. The zero-order valence-electron chi connectivity index (χ0n) is 15.4. The van der Waals surface area contributed by atoms with E-state index in [4.69, 9.17) is 4.74 Å². The van der Waals surface area contributed by atoms with Crippen LogP contribution in [0.2, 0.25) is 0 Å². The molecule has 138 valence electrons. The smallest absolute Gasteiger partial charge is 0.266 e. The van der Waals surface area contributed by atoms with Crippen molar-refractivity contribution in [1.82, 2.24) is 0 Å². The normalized spacial score (nSPS) is 16.3. The number of carbonyl (C=O) groups is 2. The molecule has 2 amide bonds. The molecule has 1 N–H and O–H groups in total. The lowest BCUT2D eigenvalue weighted by Crippen LogP contribution is -2.33.